The Hall–Kier alpha value is 0.584. The molecule has 0 unspecified atom stereocenters. The second-order valence-electron chi connectivity index (χ2n) is 1.93. The van der Waals surface area contributed by atoms with Crippen LogP contribution >= 0.6 is 0 Å². The molecule has 0 amide bonds. The van der Waals surface area contributed by atoms with Crippen molar-refractivity contribution in [1.29, 1.82) is 0 Å². The van der Waals surface area contributed by atoms with E-state index in [2.05, 4.69) is 6.42 Å². The molecule has 0 bridgehead atoms. The summed E-state index contributed by atoms with van der Waals surface area (Å²) < 4.78 is 0. The quantitative estimate of drug-likeness (QED) is 0.445. The third-order valence-electron chi connectivity index (χ3n) is 1.32. The monoisotopic (exact) mass is 134 g/mol. The first-order valence-electron chi connectivity index (χ1n) is 2.82. The van der Waals surface area contributed by atoms with Gasteiger partial charge in [0.1, 0.15) is 0 Å². The number of rotatable bonds is 0. The zero-order valence-electron chi connectivity index (χ0n) is 4.56. The van der Waals surface area contributed by atoms with E-state index < -0.39 is 0 Å². The summed E-state index contributed by atoms with van der Waals surface area (Å²) in [5, 5.41) is 0. The molecule has 1 saturated carbocycles. The Kier molecular flexibility index (Phi) is 5.13. The molecule has 1 rings (SSSR count). The van der Waals surface area contributed by atoms with Crippen LogP contribution in [-0.4, -0.2) is 0 Å². The van der Waals surface area contributed by atoms with Crippen molar-refractivity contribution in [1.82, 2.24) is 0 Å². The van der Waals surface area contributed by atoms with Crippen molar-refractivity contribution in [3.05, 3.63) is 6.42 Å². The van der Waals surface area contributed by atoms with E-state index in [-0.39, 0.29) is 18.6 Å². The third-order valence-corrected chi connectivity index (χ3v) is 1.32. The SMILES string of the molecule is [CH-]1CCCCC1.[V]. The zero-order chi connectivity index (χ0) is 4.24. The van der Waals surface area contributed by atoms with Crippen LogP contribution in [0.4, 0.5) is 0 Å². The van der Waals surface area contributed by atoms with Crippen LogP contribution in [0.2, 0.25) is 0 Å². The van der Waals surface area contributed by atoms with Gasteiger partial charge in [0, 0.05) is 18.6 Å². The van der Waals surface area contributed by atoms with Crippen LogP contribution in [0.1, 0.15) is 32.1 Å². The summed E-state index contributed by atoms with van der Waals surface area (Å²) in [5.41, 5.74) is 0. The van der Waals surface area contributed by atoms with Gasteiger partial charge in [-0.3, -0.25) is 0 Å². The molecular formula is C6H11V-. The van der Waals surface area contributed by atoms with Crippen molar-refractivity contribution in [2.45, 2.75) is 32.1 Å². The van der Waals surface area contributed by atoms with Gasteiger partial charge in [0.25, 0.3) is 0 Å². The molecule has 0 aliphatic heterocycles. The average molecular weight is 134 g/mol. The van der Waals surface area contributed by atoms with E-state index in [0.717, 1.165) is 0 Å². The first-order valence-corrected chi connectivity index (χ1v) is 2.82. The summed E-state index contributed by atoms with van der Waals surface area (Å²) in [4.78, 5) is 0. The third kappa shape index (κ3) is 3.19. The maximum atomic E-state index is 2.39. The molecule has 1 radical (unpaired) electrons. The van der Waals surface area contributed by atoms with Gasteiger partial charge in [-0.15, -0.1) is 0 Å². The van der Waals surface area contributed by atoms with Gasteiger partial charge in [0.05, 0.1) is 0 Å². The van der Waals surface area contributed by atoms with Gasteiger partial charge in [-0.25, -0.2) is 0 Å². The molecule has 1 heteroatoms. The zero-order valence-corrected chi connectivity index (χ0v) is 5.96. The van der Waals surface area contributed by atoms with Crippen molar-refractivity contribution in [3.8, 4) is 0 Å². The summed E-state index contributed by atoms with van der Waals surface area (Å²) >= 11 is 0. The Bertz CT molecular complexity index is 19.7. The standard InChI is InChI=1S/C6H11.V/c1-2-4-6-5-3-1;/h1H,2-6H2;/q-1;. The predicted octanol–water partition coefficient (Wildman–Crippen LogP) is 2.15. The van der Waals surface area contributed by atoms with Crippen molar-refractivity contribution in [2.24, 2.45) is 0 Å². The maximum Gasteiger partial charge on any atom is 0 e. The smallest absolute Gasteiger partial charge is 0 e. The van der Waals surface area contributed by atoms with E-state index in [0.29, 0.717) is 0 Å². The van der Waals surface area contributed by atoms with Crippen LogP contribution in [0.25, 0.3) is 0 Å². The van der Waals surface area contributed by atoms with Gasteiger partial charge in [-0.1, -0.05) is 19.3 Å². The molecule has 1 aliphatic carbocycles. The van der Waals surface area contributed by atoms with Crippen molar-refractivity contribution in [3.63, 3.8) is 0 Å². The van der Waals surface area contributed by atoms with E-state index in [9.17, 15) is 0 Å². The fourth-order valence-corrected chi connectivity index (χ4v) is 0.898. The molecule has 1 fully saturated rings. The molecule has 0 aromatic rings. The Morgan fingerprint density at radius 1 is 0.857 bits per heavy atom. The van der Waals surface area contributed by atoms with Gasteiger partial charge in [-0.2, -0.15) is 12.8 Å². The molecule has 0 spiro atoms. The summed E-state index contributed by atoms with van der Waals surface area (Å²) in [6.45, 7) is 0. The molecule has 0 heterocycles. The summed E-state index contributed by atoms with van der Waals surface area (Å²) in [6, 6.07) is 0. The minimum absolute atomic E-state index is 0. The van der Waals surface area contributed by atoms with Crippen LogP contribution in [0.15, 0.2) is 0 Å². The molecule has 1 aliphatic rings. The number of hydrogen-bond donors (Lipinski definition) is 0. The molecule has 0 aromatic heterocycles. The molecule has 0 aromatic carbocycles. The van der Waals surface area contributed by atoms with Crippen LogP contribution < -0.4 is 0 Å². The second kappa shape index (κ2) is 4.74. The van der Waals surface area contributed by atoms with Crippen LogP contribution in [0.3, 0.4) is 0 Å². The molecule has 41 valence electrons. The minimum atomic E-state index is 0. The van der Waals surface area contributed by atoms with Gasteiger partial charge in [0.15, 0.2) is 0 Å². The van der Waals surface area contributed by atoms with Crippen LogP contribution in [0.5, 0.6) is 0 Å². The van der Waals surface area contributed by atoms with Crippen LogP contribution in [0, 0.1) is 6.42 Å². The Morgan fingerprint density at radius 2 is 1.43 bits per heavy atom. The Labute approximate surface area is 57.6 Å². The molecular weight excluding hydrogens is 123 g/mol. The predicted molar refractivity (Wildman–Crippen MR) is 27.4 cm³/mol. The first-order chi connectivity index (χ1) is 3.00. The minimum Gasteiger partial charge on any atom is -0.328 e. The van der Waals surface area contributed by atoms with Crippen molar-refractivity contribution in [2.75, 3.05) is 0 Å². The summed E-state index contributed by atoms with van der Waals surface area (Å²) in [5.74, 6) is 0. The fraction of sp³-hybridized carbons (Fsp3) is 0.833. The maximum absolute atomic E-state index is 2.39. The van der Waals surface area contributed by atoms with Gasteiger partial charge >= 0.3 is 0 Å². The van der Waals surface area contributed by atoms with Gasteiger partial charge < -0.3 is 6.42 Å². The fourth-order valence-electron chi connectivity index (χ4n) is 0.898. The topological polar surface area (TPSA) is 0 Å². The van der Waals surface area contributed by atoms with Crippen LogP contribution in [-0.2, 0) is 18.6 Å². The number of hydrogen-bond acceptors (Lipinski definition) is 0. The average Bonchev–Trinajstić information content (AvgIpc) is 1.72. The molecule has 0 nitrogen and oxygen atoms in total. The first kappa shape index (κ1) is 7.58. The summed E-state index contributed by atoms with van der Waals surface area (Å²) in [6.07, 6.45) is 9.50. The van der Waals surface area contributed by atoms with Crippen molar-refractivity contribution < 1.29 is 18.6 Å². The van der Waals surface area contributed by atoms with E-state index in [1.165, 1.54) is 32.1 Å². The molecule has 0 atom stereocenters. The Morgan fingerprint density at radius 3 is 1.57 bits per heavy atom. The second-order valence-corrected chi connectivity index (χ2v) is 1.93. The van der Waals surface area contributed by atoms with Crippen molar-refractivity contribution >= 4 is 0 Å². The molecule has 0 saturated heterocycles. The Balaban J connectivity index is 0.000000360. The van der Waals surface area contributed by atoms with E-state index in [1.54, 1.807) is 0 Å². The molecule has 7 heavy (non-hydrogen) atoms. The van der Waals surface area contributed by atoms with Gasteiger partial charge in [-0.05, 0) is 0 Å². The van der Waals surface area contributed by atoms with E-state index in [1.807, 2.05) is 0 Å². The van der Waals surface area contributed by atoms with E-state index in [4.69, 9.17) is 0 Å². The van der Waals surface area contributed by atoms with Gasteiger partial charge in [0.2, 0.25) is 0 Å². The largest absolute Gasteiger partial charge is 0.328 e. The normalized spacial score (nSPS) is 20.6. The summed E-state index contributed by atoms with van der Waals surface area (Å²) in [7, 11) is 0. The van der Waals surface area contributed by atoms with E-state index >= 15 is 0 Å². The molecule has 0 N–H and O–H groups in total.